The van der Waals surface area contributed by atoms with Crippen molar-refractivity contribution in [2.75, 3.05) is 45.4 Å². The number of ether oxygens (including phenoxy) is 2. The molecule has 8 heteroatoms. The molecule has 0 radical (unpaired) electrons. The van der Waals surface area contributed by atoms with Gasteiger partial charge in [0.1, 0.15) is 12.3 Å². The van der Waals surface area contributed by atoms with E-state index in [1.807, 2.05) is 19.1 Å². The van der Waals surface area contributed by atoms with Gasteiger partial charge in [0.2, 0.25) is 11.8 Å². The minimum Gasteiger partial charge on any atom is -0.495 e. The van der Waals surface area contributed by atoms with Crippen molar-refractivity contribution >= 4 is 23.5 Å². The molecule has 1 fully saturated rings. The normalized spacial score (nSPS) is 16.7. The summed E-state index contributed by atoms with van der Waals surface area (Å²) in [6, 6.07) is 5.50. The zero-order valence-corrected chi connectivity index (χ0v) is 15.2. The number of anilines is 1. The van der Waals surface area contributed by atoms with E-state index in [4.69, 9.17) is 14.6 Å². The number of rotatable bonds is 8. The molecule has 0 saturated carbocycles. The first-order valence-corrected chi connectivity index (χ1v) is 8.32. The second kappa shape index (κ2) is 8.66. The van der Waals surface area contributed by atoms with Crippen molar-refractivity contribution in [3.05, 3.63) is 23.8 Å². The molecule has 8 nitrogen and oxygen atoms in total. The molecule has 0 bridgehead atoms. The zero-order chi connectivity index (χ0) is 19.3. The number of carboxylic acids is 1. The number of hydrogen-bond donors (Lipinski definition) is 1. The average Bonchev–Trinajstić information content (AvgIpc) is 2.99. The molecule has 26 heavy (non-hydrogen) atoms. The zero-order valence-electron chi connectivity index (χ0n) is 15.2. The summed E-state index contributed by atoms with van der Waals surface area (Å²) in [5, 5.41) is 9.03. The smallest absolute Gasteiger partial charge is 0.323 e. The number of carboxylic acid groups (broad SMARTS) is 1. The van der Waals surface area contributed by atoms with E-state index >= 15 is 0 Å². The Labute approximate surface area is 152 Å². The third-order valence-corrected chi connectivity index (χ3v) is 4.30. The van der Waals surface area contributed by atoms with E-state index in [9.17, 15) is 14.4 Å². The molecule has 1 aromatic rings. The van der Waals surface area contributed by atoms with Crippen LogP contribution in [0, 0.1) is 12.8 Å². The van der Waals surface area contributed by atoms with Crippen molar-refractivity contribution in [3.8, 4) is 5.75 Å². The predicted octanol–water partition coefficient (Wildman–Crippen LogP) is 0.916. The van der Waals surface area contributed by atoms with E-state index < -0.39 is 18.4 Å². The Balaban J connectivity index is 2.18. The average molecular weight is 364 g/mol. The highest BCUT2D eigenvalue weighted by atomic mass is 16.5. The lowest BCUT2D eigenvalue weighted by Crippen LogP contribution is -2.42. The number of hydrogen-bond acceptors (Lipinski definition) is 5. The van der Waals surface area contributed by atoms with Crippen molar-refractivity contribution in [1.82, 2.24) is 4.90 Å². The van der Waals surface area contributed by atoms with Gasteiger partial charge in [-0.1, -0.05) is 6.07 Å². The number of aryl methyl sites for hydroxylation is 1. The third kappa shape index (κ3) is 4.51. The van der Waals surface area contributed by atoms with Crippen LogP contribution in [0.2, 0.25) is 0 Å². The highest BCUT2D eigenvalue weighted by molar-refractivity contribution is 6.01. The standard InChI is InChI=1S/C18H24N2O6/c1-12-4-5-15(26-3)14(8-12)20-10-13(9-16(20)21)18(24)19(6-7-25-2)11-17(22)23/h4-5,8,13H,6-7,9-11H2,1-3H3,(H,22,23). The summed E-state index contributed by atoms with van der Waals surface area (Å²) >= 11 is 0. The summed E-state index contributed by atoms with van der Waals surface area (Å²) in [6.45, 7) is 2.09. The Bertz CT molecular complexity index is 690. The lowest BCUT2D eigenvalue weighted by atomic mass is 10.1. The monoisotopic (exact) mass is 364 g/mol. The first kappa shape index (κ1) is 19.7. The van der Waals surface area contributed by atoms with Crippen LogP contribution in [-0.4, -0.2) is 68.3 Å². The lowest BCUT2D eigenvalue weighted by molar-refractivity contribution is -0.146. The second-order valence-electron chi connectivity index (χ2n) is 6.23. The Kier molecular flexibility index (Phi) is 6.57. The molecule has 1 heterocycles. The molecule has 2 amide bonds. The Morgan fingerprint density at radius 3 is 2.69 bits per heavy atom. The molecule has 1 N–H and O–H groups in total. The van der Waals surface area contributed by atoms with E-state index in [0.29, 0.717) is 11.4 Å². The van der Waals surface area contributed by atoms with Crippen LogP contribution in [-0.2, 0) is 19.1 Å². The number of amides is 2. The van der Waals surface area contributed by atoms with Gasteiger partial charge in [0.25, 0.3) is 0 Å². The first-order valence-electron chi connectivity index (χ1n) is 8.32. The van der Waals surface area contributed by atoms with Crippen LogP contribution >= 0.6 is 0 Å². The molecular formula is C18H24N2O6. The molecule has 1 unspecified atom stereocenters. The maximum Gasteiger partial charge on any atom is 0.323 e. The van der Waals surface area contributed by atoms with E-state index in [1.165, 1.54) is 24.0 Å². The third-order valence-electron chi connectivity index (χ3n) is 4.30. The van der Waals surface area contributed by atoms with Crippen molar-refractivity contribution < 1.29 is 29.0 Å². The Morgan fingerprint density at radius 2 is 2.08 bits per heavy atom. The maximum absolute atomic E-state index is 12.7. The van der Waals surface area contributed by atoms with E-state index in [2.05, 4.69) is 0 Å². The van der Waals surface area contributed by atoms with Crippen molar-refractivity contribution in [1.29, 1.82) is 0 Å². The molecular weight excluding hydrogens is 340 g/mol. The van der Waals surface area contributed by atoms with Gasteiger partial charge in [-0.25, -0.2) is 0 Å². The van der Waals surface area contributed by atoms with Gasteiger partial charge in [-0.3, -0.25) is 14.4 Å². The fourth-order valence-electron chi connectivity index (χ4n) is 3.01. The number of nitrogens with zero attached hydrogens (tertiary/aromatic N) is 2. The molecule has 0 aromatic heterocycles. The van der Waals surface area contributed by atoms with Gasteiger partial charge in [-0.05, 0) is 24.6 Å². The minimum absolute atomic E-state index is 0.0407. The van der Waals surface area contributed by atoms with E-state index in [0.717, 1.165) is 5.56 Å². The van der Waals surface area contributed by atoms with Crippen LogP contribution in [0.4, 0.5) is 5.69 Å². The van der Waals surface area contributed by atoms with Gasteiger partial charge < -0.3 is 24.4 Å². The molecule has 1 aliphatic heterocycles. The van der Waals surface area contributed by atoms with Crippen molar-refractivity contribution in [3.63, 3.8) is 0 Å². The summed E-state index contributed by atoms with van der Waals surface area (Å²) in [5.74, 6) is -1.68. The van der Waals surface area contributed by atoms with Crippen LogP contribution in [0.25, 0.3) is 0 Å². The first-order chi connectivity index (χ1) is 12.4. The van der Waals surface area contributed by atoms with Crippen molar-refractivity contribution in [2.24, 2.45) is 5.92 Å². The second-order valence-corrected chi connectivity index (χ2v) is 6.23. The summed E-state index contributed by atoms with van der Waals surface area (Å²) in [4.78, 5) is 39.0. The molecule has 1 saturated heterocycles. The predicted molar refractivity (Wildman–Crippen MR) is 94.3 cm³/mol. The molecule has 2 rings (SSSR count). The van der Waals surface area contributed by atoms with Gasteiger partial charge >= 0.3 is 5.97 Å². The van der Waals surface area contributed by atoms with Crippen LogP contribution in [0.5, 0.6) is 5.75 Å². The molecule has 0 aliphatic carbocycles. The fraction of sp³-hybridized carbons (Fsp3) is 0.500. The highest BCUT2D eigenvalue weighted by Gasteiger charge is 2.38. The van der Waals surface area contributed by atoms with Gasteiger partial charge in [0.15, 0.2) is 0 Å². The Morgan fingerprint density at radius 1 is 1.35 bits per heavy atom. The topological polar surface area (TPSA) is 96.4 Å². The largest absolute Gasteiger partial charge is 0.495 e. The van der Waals surface area contributed by atoms with Crippen LogP contribution in [0.3, 0.4) is 0 Å². The maximum atomic E-state index is 12.7. The number of benzene rings is 1. The number of aliphatic carboxylic acids is 1. The van der Waals surface area contributed by atoms with Crippen molar-refractivity contribution in [2.45, 2.75) is 13.3 Å². The number of carbonyl (C=O) groups excluding carboxylic acids is 2. The fourth-order valence-corrected chi connectivity index (χ4v) is 3.01. The molecule has 1 atom stereocenters. The minimum atomic E-state index is -1.10. The van der Waals surface area contributed by atoms with Crippen LogP contribution in [0.1, 0.15) is 12.0 Å². The molecule has 0 spiro atoms. The van der Waals surface area contributed by atoms with Gasteiger partial charge in [0.05, 0.1) is 25.3 Å². The SMILES string of the molecule is COCCN(CC(=O)O)C(=O)C1CC(=O)N(c2cc(C)ccc2OC)C1. The summed E-state index contributed by atoms with van der Waals surface area (Å²) < 4.78 is 10.3. The van der Waals surface area contributed by atoms with Crippen LogP contribution < -0.4 is 9.64 Å². The van der Waals surface area contributed by atoms with Gasteiger partial charge in [-0.15, -0.1) is 0 Å². The molecule has 1 aliphatic rings. The lowest BCUT2D eigenvalue weighted by Gasteiger charge is -2.24. The highest BCUT2D eigenvalue weighted by Crippen LogP contribution is 2.34. The number of carbonyl (C=O) groups is 3. The summed E-state index contributed by atoms with van der Waals surface area (Å²) in [7, 11) is 3.00. The number of methoxy groups -OCH3 is 2. The summed E-state index contributed by atoms with van der Waals surface area (Å²) in [5.41, 5.74) is 1.59. The van der Waals surface area contributed by atoms with Gasteiger partial charge in [0, 0.05) is 26.6 Å². The Hall–Kier alpha value is -2.61. The van der Waals surface area contributed by atoms with Crippen LogP contribution in [0.15, 0.2) is 18.2 Å². The van der Waals surface area contributed by atoms with E-state index in [1.54, 1.807) is 6.07 Å². The van der Waals surface area contributed by atoms with Gasteiger partial charge in [-0.2, -0.15) is 0 Å². The quantitative estimate of drug-likeness (QED) is 0.737. The molecule has 142 valence electrons. The van der Waals surface area contributed by atoms with E-state index in [-0.39, 0.29) is 37.9 Å². The summed E-state index contributed by atoms with van der Waals surface area (Å²) in [6.07, 6.45) is 0.0407. The molecule has 1 aromatic carbocycles.